The highest BCUT2D eigenvalue weighted by Gasteiger charge is 2.62. The van der Waals surface area contributed by atoms with Gasteiger partial charge in [-0.3, -0.25) is 9.59 Å². The molecule has 0 N–H and O–H groups in total. The van der Waals surface area contributed by atoms with Gasteiger partial charge in [-0.25, -0.2) is 4.79 Å². The van der Waals surface area contributed by atoms with E-state index in [4.69, 9.17) is 14.2 Å². The lowest BCUT2D eigenvalue weighted by atomic mass is 9.74. The van der Waals surface area contributed by atoms with Gasteiger partial charge in [0.2, 0.25) is 5.41 Å². The van der Waals surface area contributed by atoms with Crippen molar-refractivity contribution in [2.75, 3.05) is 26.9 Å². The Kier molecular flexibility index (Phi) is 6.52. The summed E-state index contributed by atoms with van der Waals surface area (Å²) >= 11 is 0. The van der Waals surface area contributed by atoms with E-state index in [1.807, 2.05) is 0 Å². The third-order valence-corrected chi connectivity index (χ3v) is 4.10. The number of hydrogen-bond acceptors (Lipinski definition) is 7. The molecule has 1 atom stereocenters. The van der Waals surface area contributed by atoms with E-state index in [9.17, 15) is 14.4 Å². The summed E-state index contributed by atoms with van der Waals surface area (Å²) in [6, 6.07) is 8.81. The number of hydrogen-bond donors (Lipinski definition) is 0. The second kappa shape index (κ2) is 8.62. The van der Waals surface area contributed by atoms with Crippen LogP contribution >= 0.6 is 0 Å². The zero-order chi connectivity index (χ0) is 19.2. The second-order valence-electron chi connectivity index (χ2n) is 5.54. The van der Waals surface area contributed by atoms with E-state index in [2.05, 4.69) is 4.74 Å². The minimum absolute atomic E-state index is 0.0625. The second-order valence-corrected chi connectivity index (χ2v) is 5.54. The molecule has 1 aromatic carbocycles. The molecule has 0 spiro atoms. The Morgan fingerprint density at radius 2 is 1.69 bits per heavy atom. The SMILES string of the molecule is CCOC(=O)C1(C(=O)OCC)/C(=C/C(=O)OC)COC1c1ccccc1. The van der Waals surface area contributed by atoms with Gasteiger partial charge in [0.25, 0.3) is 0 Å². The Morgan fingerprint density at radius 1 is 1.12 bits per heavy atom. The molecule has 7 heteroatoms. The lowest BCUT2D eigenvalue weighted by Gasteiger charge is -2.30. The van der Waals surface area contributed by atoms with E-state index in [-0.39, 0.29) is 25.4 Å². The van der Waals surface area contributed by atoms with Crippen LogP contribution in [0.5, 0.6) is 0 Å². The minimum Gasteiger partial charge on any atom is -0.466 e. The first-order chi connectivity index (χ1) is 12.5. The summed E-state index contributed by atoms with van der Waals surface area (Å²) in [5.41, 5.74) is -1.15. The number of carbonyl (C=O) groups excluding carboxylic acids is 3. The van der Waals surface area contributed by atoms with Gasteiger partial charge in [-0.05, 0) is 25.0 Å². The summed E-state index contributed by atoms with van der Waals surface area (Å²) in [6.45, 7) is 3.29. The van der Waals surface area contributed by atoms with Gasteiger partial charge in [0, 0.05) is 6.08 Å². The Bertz CT molecular complexity index is 675. The third kappa shape index (κ3) is 3.48. The van der Waals surface area contributed by atoms with Crippen molar-refractivity contribution in [1.82, 2.24) is 0 Å². The van der Waals surface area contributed by atoms with Crippen molar-refractivity contribution in [3.63, 3.8) is 0 Å². The lowest BCUT2D eigenvalue weighted by Crippen LogP contribution is -2.46. The number of ether oxygens (including phenoxy) is 4. The third-order valence-electron chi connectivity index (χ3n) is 4.10. The summed E-state index contributed by atoms with van der Waals surface area (Å²) in [7, 11) is 1.21. The smallest absolute Gasteiger partial charge is 0.330 e. The summed E-state index contributed by atoms with van der Waals surface area (Å²) in [6.07, 6.45) is 0.120. The molecule has 0 aliphatic carbocycles. The van der Waals surface area contributed by atoms with Crippen LogP contribution in [0.4, 0.5) is 0 Å². The molecule has 1 heterocycles. The van der Waals surface area contributed by atoms with Gasteiger partial charge < -0.3 is 18.9 Å². The normalized spacial score (nSPS) is 19.8. The average molecular weight is 362 g/mol. The zero-order valence-electron chi connectivity index (χ0n) is 15.0. The molecular formula is C19H22O7. The van der Waals surface area contributed by atoms with Crippen molar-refractivity contribution in [3.8, 4) is 0 Å². The Hall–Kier alpha value is -2.67. The summed E-state index contributed by atoms with van der Waals surface area (Å²) in [5.74, 6) is -2.34. The highest BCUT2D eigenvalue weighted by molar-refractivity contribution is 6.06. The topological polar surface area (TPSA) is 88.1 Å². The maximum Gasteiger partial charge on any atom is 0.330 e. The molecule has 0 radical (unpaired) electrons. The highest BCUT2D eigenvalue weighted by Crippen LogP contribution is 2.50. The summed E-state index contributed by atoms with van der Waals surface area (Å²) in [5, 5.41) is 0. The van der Waals surface area contributed by atoms with Gasteiger partial charge >= 0.3 is 17.9 Å². The van der Waals surface area contributed by atoms with E-state index >= 15 is 0 Å². The molecule has 0 aromatic heterocycles. The molecule has 1 aliphatic heterocycles. The van der Waals surface area contributed by atoms with Crippen molar-refractivity contribution >= 4 is 17.9 Å². The summed E-state index contributed by atoms with van der Waals surface area (Å²) in [4.78, 5) is 37.7. The molecule has 2 rings (SSSR count). The number of esters is 3. The average Bonchev–Trinajstić information content (AvgIpc) is 3.02. The molecule has 7 nitrogen and oxygen atoms in total. The number of benzene rings is 1. The molecule has 0 bridgehead atoms. The molecule has 1 aliphatic rings. The van der Waals surface area contributed by atoms with Gasteiger partial charge in [0.15, 0.2) is 0 Å². The van der Waals surface area contributed by atoms with Gasteiger partial charge in [0.05, 0.1) is 26.9 Å². The molecule has 0 amide bonds. The van der Waals surface area contributed by atoms with Crippen molar-refractivity contribution in [2.45, 2.75) is 20.0 Å². The maximum atomic E-state index is 13.0. The van der Waals surface area contributed by atoms with Crippen LogP contribution in [0.25, 0.3) is 0 Å². The molecule has 1 fully saturated rings. The monoisotopic (exact) mass is 362 g/mol. The van der Waals surface area contributed by atoms with Crippen LogP contribution in [0.2, 0.25) is 0 Å². The molecule has 1 unspecified atom stereocenters. The molecule has 1 saturated heterocycles. The standard InChI is InChI=1S/C19H22O7/c1-4-24-17(21)19(18(22)25-5-2)14(11-15(20)23-3)12-26-16(19)13-9-7-6-8-10-13/h6-11,16H,4-5,12H2,1-3H3/b14-11+. The first kappa shape index (κ1) is 19.7. The molecule has 1 aromatic rings. The fraction of sp³-hybridized carbons (Fsp3) is 0.421. The van der Waals surface area contributed by atoms with E-state index in [0.29, 0.717) is 5.56 Å². The molecule has 26 heavy (non-hydrogen) atoms. The van der Waals surface area contributed by atoms with Crippen molar-refractivity contribution < 1.29 is 33.3 Å². The van der Waals surface area contributed by atoms with E-state index in [1.165, 1.54) is 7.11 Å². The zero-order valence-corrected chi connectivity index (χ0v) is 15.0. The van der Waals surface area contributed by atoms with Crippen LogP contribution in [0.3, 0.4) is 0 Å². The largest absolute Gasteiger partial charge is 0.466 e. The van der Waals surface area contributed by atoms with Crippen LogP contribution in [0.1, 0.15) is 25.5 Å². The van der Waals surface area contributed by atoms with Gasteiger partial charge in [0.1, 0.15) is 6.10 Å². The first-order valence-corrected chi connectivity index (χ1v) is 8.32. The predicted molar refractivity (Wildman–Crippen MR) is 90.9 cm³/mol. The minimum atomic E-state index is -1.90. The predicted octanol–water partition coefficient (Wildman–Crippen LogP) is 1.97. The molecule has 140 valence electrons. The van der Waals surface area contributed by atoms with E-state index in [1.54, 1.807) is 44.2 Å². The maximum absolute atomic E-state index is 13.0. The quantitative estimate of drug-likeness (QED) is 0.331. The summed E-state index contributed by atoms with van der Waals surface area (Å²) < 4.78 is 20.8. The fourth-order valence-electron chi connectivity index (χ4n) is 2.96. The first-order valence-electron chi connectivity index (χ1n) is 8.32. The van der Waals surface area contributed by atoms with Crippen molar-refractivity contribution in [1.29, 1.82) is 0 Å². The number of methoxy groups -OCH3 is 1. The Labute approximate surface area is 151 Å². The van der Waals surface area contributed by atoms with Gasteiger partial charge in [-0.15, -0.1) is 0 Å². The Balaban J connectivity index is 2.67. The van der Waals surface area contributed by atoms with Gasteiger partial charge in [-0.2, -0.15) is 0 Å². The van der Waals surface area contributed by atoms with Crippen LogP contribution < -0.4 is 0 Å². The molecular weight excluding hydrogens is 340 g/mol. The van der Waals surface area contributed by atoms with Gasteiger partial charge in [-0.1, -0.05) is 30.3 Å². The van der Waals surface area contributed by atoms with Crippen molar-refractivity contribution in [3.05, 3.63) is 47.5 Å². The van der Waals surface area contributed by atoms with Crippen LogP contribution in [-0.4, -0.2) is 44.8 Å². The van der Waals surface area contributed by atoms with E-state index in [0.717, 1.165) is 6.08 Å². The van der Waals surface area contributed by atoms with Crippen LogP contribution in [0, 0.1) is 5.41 Å². The highest BCUT2D eigenvalue weighted by atomic mass is 16.6. The number of carbonyl (C=O) groups is 3. The lowest BCUT2D eigenvalue weighted by molar-refractivity contribution is -0.174. The molecule has 0 saturated carbocycles. The Morgan fingerprint density at radius 3 is 2.19 bits per heavy atom. The van der Waals surface area contributed by atoms with E-state index < -0.39 is 29.4 Å². The van der Waals surface area contributed by atoms with Crippen molar-refractivity contribution in [2.24, 2.45) is 5.41 Å². The van der Waals surface area contributed by atoms with Crippen LogP contribution in [0.15, 0.2) is 42.0 Å². The fourth-order valence-corrected chi connectivity index (χ4v) is 2.96. The van der Waals surface area contributed by atoms with Crippen LogP contribution in [-0.2, 0) is 33.3 Å². The number of rotatable bonds is 6.